The lowest BCUT2D eigenvalue weighted by molar-refractivity contribution is 0.0771. The SMILES string of the molecule is N#Cc1nccnc1OC1CCN(C(=O)c2ccc(Cl)cc2)C1. The second-order valence-corrected chi connectivity index (χ2v) is 5.54. The van der Waals surface area contributed by atoms with Crippen LogP contribution in [0.3, 0.4) is 0 Å². The molecule has 2 heterocycles. The van der Waals surface area contributed by atoms with E-state index in [1.165, 1.54) is 12.4 Å². The number of aromatic nitrogens is 2. The summed E-state index contributed by atoms with van der Waals surface area (Å²) in [6, 6.07) is 8.73. The number of halogens is 1. The molecule has 1 unspecified atom stereocenters. The topological polar surface area (TPSA) is 79.1 Å². The van der Waals surface area contributed by atoms with E-state index in [9.17, 15) is 4.79 Å². The Morgan fingerprint density at radius 3 is 2.78 bits per heavy atom. The van der Waals surface area contributed by atoms with Gasteiger partial charge in [0.15, 0.2) is 0 Å². The number of hydrogen-bond acceptors (Lipinski definition) is 5. The summed E-state index contributed by atoms with van der Waals surface area (Å²) >= 11 is 5.83. The van der Waals surface area contributed by atoms with Gasteiger partial charge in [-0.25, -0.2) is 9.97 Å². The third-order valence-corrected chi connectivity index (χ3v) is 3.82. The second-order valence-electron chi connectivity index (χ2n) is 5.11. The van der Waals surface area contributed by atoms with Gasteiger partial charge in [0.2, 0.25) is 5.69 Å². The van der Waals surface area contributed by atoms with E-state index < -0.39 is 0 Å². The molecule has 1 aliphatic rings. The molecule has 0 bridgehead atoms. The quantitative estimate of drug-likeness (QED) is 0.863. The van der Waals surface area contributed by atoms with E-state index in [1.54, 1.807) is 29.2 Å². The summed E-state index contributed by atoms with van der Waals surface area (Å²) in [5.41, 5.74) is 0.738. The predicted molar refractivity (Wildman–Crippen MR) is 83.1 cm³/mol. The van der Waals surface area contributed by atoms with Gasteiger partial charge >= 0.3 is 0 Å². The van der Waals surface area contributed by atoms with Crippen LogP contribution in [-0.4, -0.2) is 40.0 Å². The van der Waals surface area contributed by atoms with Gasteiger partial charge in [0, 0.05) is 35.9 Å². The molecule has 1 aromatic heterocycles. The lowest BCUT2D eigenvalue weighted by Gasteiger charge is -2.17. The first-order valence-electron chi connectivity index (χ1n) is 7.10. The van der Waals surface area contributed by atoms with Crippen molar-refractivity contribution in [1.82, 2.24) is 14.9 Å². The van der Waals surface area contributed by atoms with Gasteiger partial charge in [-0.15, -0.1) is 0 Å². The molecule has 6 nitrogen and oxygen atoms in total. The minimum atomic E-state index is -0.199. The molecule has 0 saturated carbocycles. The Morgan fingerprint density at radius 2 is 2.04 bits per heavy atom. The number of amides is 1. The van der Waals surface area contributed by atoms with Crippen molar-refractivity contribution in [3.63, 3.8) is 0 Å². The number of rotatable bonds is 3. The van der Waals surface area contributed by atoms with Gasteiger partial charge in [-0.05, 0) is 24.3 Å². The van der Waals surface area contributed by atoms with Gasteiger partial charge in [-0.1, -0.05) is 11.6 Å². The van der Waals surface area contributed by atoms with Crippen LogP contribution in [0.5, 0.6) is 5.88 Å². The predicted octanol–water partition coefficient (Wildman–Crippen LogP) is 2.30. The lowest BCUT2D eigenvalue weighted by atomic mass is 10.2. The summed E-state index contributed by atoms with van der Waals surface area (Å²) in [6.07, 6.45) is 3.40. The minimum absolute atomic E-state index is 0.0626. The molecule has 1 atom stereocenters. The summed E-state index contributed by atoms with van der Waals surface area (Å²) in [5.74, 6) is 0.146. The summed E-state index contributed by atoms with van der Waals surface area (Å²) in [7, 11) is 0. The molecule has 1 fully saturated rings. The number of carbonyl (C=O) groups excluding carboxylic acids is 1. The number of ether oxygens (including phenoxy) is 1. The van der Waals surface area contributed by atoms with Crippen molar-refractivity contribution in [3.8, 4) is 11.9 Å². The Morgan fingerprint density at radius 1 is 1.30 bits per heavy atom. The average molecular weight is 329 g/mol. The van der Waals surface area contributed by atoms with Crippen LogP contribution in [0.2, 0.25) is 5.02 Å². The minimum Gasteiger partial charge on any atom is -0.470 e. The van der Waals surface area contributed by atoms with Gasteiger partial charge in [-0.2, -0.15) is 5.26 Å². The molecule has 1 amide bonds. The molecular weight excluding hydrogens is 316 g/mol. The summed E-state index contributed by atoms with van der Waals surface area (Å²) in [5, 5.41) is 9.59. The highest BCUT2D eigenvalue weighted by Crippen LogP contribution is 2.20. The number of benzene rings is 1. The normalized spacial score (nSPS) is 16.9. The van der Waals surface area contributed by atoms with Crippen LogP contribution in [0.1, 0.15) is 22.5 Å². The maximum atomic E-state index is 12.4. The first-order valence-corrected chi connectivity index (χ1v) is 7.48. The number of nitrogens with zero attached hydrogens (tertiary/aromatic N) is 4. The van der Waals surface area contributed by atoms with E-state index in [2.05, 4.69) is 9.97 Å². The van der Waals surface area contributed by atoms with Crippen molar-refractivity contribution in [1.29, 1.82) is 5.26 Å². The fraction of sp³-hybridized carbons (Fsp3) is 0.250. The van der Waals surface area contributed by atoms with Crippen LogP contribution in [0, 0.1) is 11.3 Å². The highest BCUT2D eigenvalue weighted by molar-refractivity contribution is 6.30. The number of nitriles is 1. The van der Waals surface area contributed by atoms with E-state index in [-0.39, 0.29) is 23.6 Å². The average Bonchev–Trinajstić information content (AvgIpc) is 3.04. The van der Waals surface area contributed by atoms with Crippen LogP contribution in [0.25, 0.3) is 0 Å². The van der Waals surface area contributed by atoms with Gasteiger partial charge in [-0.3, -0.25) is 4.79 Å². The molecule has 0 radical (unpaired) electrons. The Bertz CT molecular complexity index is 757. The zero-order valence-electron chi connectivity index (χ0n) is 12.1. The largest absolute Gasteiger partial charge is 0.470 e. The van der Waals surface area contributed by atoms with E-state index in [0.717, 1.165) is 0 Å². The smallest absolute Gasteiger partial charge is 0.253 e. The molecule has 0 aliphatic carbocycles. The van der Waals surface area contributed by atoms with Gasteiger partial charge in [0.05, 0.1) is 6.54 Å². The Labute approximate surface area is 138 Å². The molecule has 23 heavy (non-hydrogen) atoms. The van der Waals surface area contributed by atoms with Gasteiger partial charge in [0.25, 0.3) is 11.8 Å². The van der Waals surface area contributed by atoms with Crippen LogP contribution >= 0.6 is 11.6 Å². The van der Waals surface area contributed by atoms with Crippen molar-refractivity contribution in [2.24, 2.45) is 0 Å². The molecule has 0 N–H and O–H groups in total. The molecule has 3 rings (SSSR count). The molecule has 1 aliphatic heterocycles. The third kappa shape index (κ3) is 3.41. The van der Waals surface area contributed by atoms with Crippen LogP contribution in [0.15, 0.2) is 36.7 Å². The van der Waals surface area contributed by atoms with Crippen LogP contribution in [0.4, 0.5) is 0 Å². The number of likely N-dealkylation sites (tertiary alicyclic amines) is 1. The Kier molecular flexibility index (Phi) is 4.40. The summed E-state index contributed by atoms with van der Waals surface area (Å²) < 4.78 is 5.72. The first kappa shape index (κ1) is 15.3. The lowest BCUT2D eigenvalue weighted by Crippen LogP contribution is -2.31. The Hall–Kier alpha value is -2.65. The summed E-state index contributed by atoms with van der Waals surface area (Å²) in [4.78, 5) is 22.1. The zero-order valence-corrected chi connectivity index (χ0v) is 12.9. The highest BCUT2D eigenvalue weighted by Gasteiger charge is 2.29. The standard InChI is InChI=1S/C16H13ClN4O2/c17-12-3-1-11(2-4-12)16(22)21-8-5-13(10-21)23-15-14(9-18)19-6-7-20-15/h1-4,6-7,13H,5,8,10H2. The molecule has 2 aromatic rings. The van der Waals surface area contributed by atoms with Gasteiger partial charge in [0.1, 0.15) is 12.2 Å². The Balaban J connectivity index is 1.65. The number of hydrogen-bond donors (Lipinski definition) is 0. The van der Waals surface area contributed by atoms with E-state index >= 15 is 0 Å². The molecule has 116 valence electrons. The molecule has 7 heteroatoms. The fourth-order valence-electron chi connectivity index (χ4n) is 2.43. The summed E-state index contributed by atoms with van der Waals surface area (Å²) in [6.45, 7) is 1.04. The van der Waals surface area contributed by atoms with Gasteiger partial charge < -0.3 is 9.64 Å². The maximum Gasteiger partial charge on any atom is 0.253 e. The first-order chi connectivity index (χ1) is 11.2. The van der Waals surface area contributed by atoms with Crippen molar-refractivity contribution < 1.29 is 9.53 Å². The molecular formula is C16H13ClN4O2. The fourth-order valence-corrected chi connectivity index (χ4v) is 2.56. The van der Waals surface area contributed by atoms with E-state index in [4.69, 9.17) is 21.6 Å². The van der Waals surface area contributed by atoms with Crippen molar-refractivity contribution in [3.05, 3.63) is 52.9 Å². The molecule has 0 spiro atoms. The third-order valence-electron chi connectivity index (χ3n) is 3.57. The van der Waals surface area contributed by atoms with E-state index in [0.29, 0.717) is 30.1 Å². The highest BCUT2D eigenvalue weighted by atomic mass is 35.5. The zero-order chi connectivity index (χ0) is 16.2. The monoisotopic (exact) mass is 328 g/mol. The molecule has 1 saturated heterocycles. The second kappa shape index (κ2) is 6.63. The van der Waals surface area contributed by atoms with Crippen molar-refractivity contribution >= 4 is 17.5 Å². The number of carbonyl (C=O) groups is 1. The van der Waals surface area contributed by atoms with Crippen molar-refractivity contribution in [2.45, 2.75) is 12.5 Å². The maximum absolute atomic E-state index is 12.4. The van der Waals surface area contributed by atoms with Crippen LogP contribution < -0.4 is 4.74 Å². The molecule has 1 aromatic carbocycles. The van der Waals surface area contributed by atoms with E-state index in [1.807, 2.05) is 6.07 Å². The van der Waals surface area contributed by atoms with Crippen LogP contribution in [-0.2, 0) is 0 Å². The van der Waals surface area contributed by atoms with Crippen molar-refractivity contribution in [2.75, 3.05) is 13.1 Å².